The fourth-order valence-corrected chi connectivity index (χ4v) is 7.34. The van der Waals surface area contributed by atoms with E-state index >= 15 is 0 Å². The molecule has 0 spiro atoms. The normalized spacial score (nSPS) is 15.8. The summed E-state index contributed by atoms with van der Waals surface area (Å²) in [7, 11) is 0. The van der Waals surface area contributed by atoms with E-state index in [1.54, 1.807) is 0 Å². The van der Waals surface area contributed by atoms with Gasteiger partial charge in [-0.1, -0.05) is 207 Å². The molecule has 0 aliphatic rings. The summed E-state index contributed by atoms with van der Waals surface area (Å²) in [5.41, 5.74) is 0. The van der Waals surface area contributed by atoms with Gasteiger partial charge in [-0.25, -0.2) is 0 Å². The topological polar surface area (TPSA) is 90.2 Å². The molecule has 0 rings (SSSR count). The molecule has 6 atom stereocenters. The molecule has 0 aromatic carbocycles. The molecule has 4 N–H and O–H groups in total. The number of aliphatic hydroxyl groups excluding tert-OH is 4. The van der Waals surface area contributed by atoms with Crippen LogP contribution >= 0.6 is 0 Å². The maximum Gasteiger partial charge on any atom is 0.103 e. The molecular formula is C42H86O5. The zero-order valence-electron chi connectivity index (χ0n) is 32.3. The summed E-state index contributed by atoms with van der Waals surface area (Å²) in [6, 6.07) is 0. The van der Waals surface area contributed by atoms with E-state index in [2.05, 4.69) is 27.7 Å². The van der Waals surface area contributed by atoms with Gasteiger partial charge in [-0.3, -0.25) is 0 Å². The fraction of sp³-hybridized carbons (Fsp3) is 1.00. The van der Waals surface area contributed by atoms with Gasteiger partial charge in [0.25, 0.3) is 0 Å². The number of hydrogen-bond acceptors (Lipinski definition) is 5. The van der Waals surface area contributed by atoms with Crippen molar-refractivity contribution in [1.82, 2.24) is 0 Å². The van der Waals surface area contributed by atoms with Gasteiger partial charge >= 0.3 is 0 Å². The molecule has 0 aliphatic heterocycles. The standard InChI is InChI=1S/C42H86O5/c1-5-9-13-17-19-23-27-31-37(29-25-21-15-11-7-3)33-41(39(45)35-43)47-42(40(46)36-44)34-38(30-26-22-16-12-8-4)32-28-24-20-18-14-10-6-2/h37-46H,5-36H2,1-4H3. The Labute approximate surface area is 294 Å². The summed E-state index contributed by atoms with van der Waals surface area (Å²) < 4.78 is 6.63. The van der Waals surface area contributed by atoms with Gasteiger partial charge in [0.2, 0.25) is 0 Å². The van der Waals surface area contributed by atoms with Crippen molar-refractivity contribution in [3.63, 3.8) is 0 Å². The van der Waals surface area contributed by atoms with E-state index in [0.29, 0.717) is 24.7 Å². The van der Waals surface area contributed by atoms with Gasteiger partial charge < -0.3 is 25.2 Å². The molecule has 0 saturated carbocycles. The predicted molar refractivity (Wildman–Crippen MR) is 203 cm³/mol. The minimum atomic E-state index is -0.976. The Balaban J connectivity index is 5.50. The van der Waals surface area contributed by atoms with E-state index in [-0.39, 0.29) is 13.2 Å². The first-order valence-electron chi connectivity index (χ1n) is 21.2. The number of hydrogen-bond donors (Lipinski definition) is 4. The van der Waals surface area contributed by atoms with Crippen LogP contribution in [0, 0.1) is 11.8 Å². The third kappa shape index (κ3) is 28.2. The van der Waals surface area contributed by atoms with E-state index < -0.39 is 24.4 Å². The second kappa shape index (κ2) is 35.6. The van der Waals surface area contributed by atoms with Crippen LogP contribution in [0.1, 0.15) is 220 Å². The lowest BCUT2D eigenvalue weighted by molar-refractivity contribution is -0.145. The Morgan fingerprint density at radius 3 is 0.830 bits per heavy atom. The van der Waals surface area contributed by atoms with E-state index in [1.807, 2.05) is 0 Å². The van der Waals surface area contributed by atoms with E-state index in [0.717, 1.165) is 25.7 Å². The Kier molecular flexibility index (Phi) is 35.5. The first kappa shape index (κ1) is 46.8. The average Bonchev–Trinajstić information content (AvgIpc) is 3.08. The van der Waals surface area contributed by atoms with Crippen molar-refractivity contribution in [3.8, 4) is 0 Å². The van der Waals surface area contributed by atoms with E-state index in [4.69, 9.17) is 4.74 Å². The number of ether oxygens (including phenoxy) is 1. The molecule has 0 heterocycles. The molecule has 0 bridgehead atoms. The second-order valence-electron chi connectivity index (χ2n) is 15.1. The molecular weight excluding hydrogens is 584 g/mol. The van der Waals surface area contributed by atoms with Crippen LogP contribution in [0.4, 0.5) is 0 Å². The Morgan fingerprint density at radius 2 is 0.596 bits per heavy atom. The van der Waals surface area contributed by atoms with Crippen LogP contribution < -0.4 is 0 Å². The summed E-state index contributed by atoms with van der Waals surface area (Å²) >= 11 is 0. The first-order chi connectivity index (χ1) is 23.0. The SMILES string of the molecule is CCCCCCCCCC(CCCCCCC)CC(OC(CC(CCCCCCC)CCCCCCCCC)C(O)CO)C(O)CO. The van der Waals surface area contributed by atoms with Crippen LogP contribution in [0.25, 0.3) is 0 Å². The van der Waals surface area contributed by atoms with Crippen molar-refractivity contribution in [2.45, 2.75) is 245 Å². The largest absolute Gasteiger partial charge is 0.394 e. The smallest absolute Gasteiger partial charge is 0.103 e. The molecule has 0 aromatic heterocycles. The van der Waals surface area contributed by atoms with Gasteiger partial charge in [0, 0.05) is 0 Å². The Morgan fingerprint density at radius 1 is 0.362 bits per heavy atom. The lowest BCUT2D eigenvalue weighted by Gasteiger charge is -2.34. The quantitative estimate of drug-likeness (QED) is 0.0491. The van der Waals surface area contributed by atoms with Crippen molar-refractivity contribution in [1.29, 1.82) is 0 Å². The maximum atomic E-state index is 11.0. The molecule has 0 radical (unpaired) electrons. The lowest BCUT2D eigenvalue weighted by Crippen LogP contribution is -2.43. The minimum Gasteiger partial charge on any atom is -0.394 e. The minimum absolute atomic E-state index is 0.341. The van der Waals surface area contributed by atoms with Crippen LogP contribution in [0.2, 0.25) is 0 Å². The Bertz CT molecular complexity index is 552. The van der Waals surface area contributed by atoms with Gasteiger partial charge in [-0.2, -0.15) is 0 Å². The highest BCUT2D eigenvalue weighted by Gasteiger charge is 2.31. The summed E-state index contributed by atoms with van der Waals surface area (Å²) in [5, 5.41) is 42.1. The highest BCUT2D eigenvalue weighted by molar-refractivity contribution is 4.80. The zero-order valence-corrected chi connectivity index (χ0v) is 32.3. The average molecular weight is 671 g/mol. The molecule has 6 unspecified atom stereocenters. The zero-order chi connectivity index (χ0) is 34.8. The summed E-state index contributed by atoms with van der Waals surface area (Å²) in [6.45, 7) is 8.35. The number of unbranched alkanes of at least 4 members (excludes halogenated alkanes) is 20. The Hall–Kier alpha value is -0.200. The van der Waals surface area contributed by atoms with Gasteiger partial charge in [-0.15, -0.1) is 0 Å². The van der Waals surface area contributed by atoms with Crippen molar-refractivity contribution in [3.05, 3.63) is 0 Å². The van der Waals surface area contributed by atoms with Crippen molar-refractivity contribution >= 4 is 0 Å². The van der Waals surface area contributed by atoms with Crippen LogP contribution in [0.3, 0.4) is 0 Å². The summed E-state index contributed by atoms with van der Waals surface area (Å²) in [5.74, 6) is 0.875. The third-order valence-corrected chi connectivity index (χ3v) is 10.6. The molecule has 0 saturated heterocycles. The van der Waals surface area contributed by atoms with Crippen molar-refractivity contribution < 1.29 is 25.2 Å². The molecule has 5 heteroatoms. The first-order valence-corrected chi connectivity index (χ1v) is 21.2. The van der Waals surface area contributed by atoms with Gasteiger partial charge in [0.15, 0.2) is 0 Å². The van der Waals surface area contributed by atoms with Gasteiger partial charge in [0.05, 0.1) is 25.4 Å². The van der Waals surface area contributed by atoms with Crippen molar-refractivity contribution in [2.75, 3.05) is 13.2 Å². The third-order valence-electron chi connectivity index (χ3n) is 10.6. The molecule has 0 aromatic rings. The fourth-order valence-electron chi connectivity index (χ4n) is 7.34. The molecule has 0 amide bonds. The molecule has 5 nitrogen and oxygen atoms in total. The second-order valence-corrected chi connectivity index (χ2v) is 15.1. The molecule has 0 aliphatic carbocycles. The molecule has 284 valence electrons. The van der Waals surface area contributed by atoms with Gasteiger partial charge in [-0.05, 0) is 24.7 Å². The highest BCUT2D eigenvalue weighted by Crippen LogP contribution is 2.30. The highest BCUT2D eigenvalue weighted by atomic mass is 16.5. The number of aliphatic hydroxyl groups is 4. The lowest BCUT2D eigenvalue weighted by atomic mass is 9.86. The van der Waals surface area contributed by atoms with Gasteiger partial charge in [0.1, 0.15) is 12.2 Å². The summed E-state index contributed by atoms with van der Waals surface area (Å²) in [6.07, 6.45) is 33.5. The summed E-state index contributed by atoms with van der Waals surface area (Å²) in [4.78, 5) is 0. The molecule has 0 fully saturated rings. The van der Waals surface area contributed by atoms with Crippen LogP contribution in [-0.4, -0.2) is 58.1 Å². The van der Waals surface area contributed by atoms with Crippen molar-refractivity contribution in [2.24, 2.45) is 11.8 Å². The van der Waals surface area contributed by atoms with Crippen LogP contribution in [0.15, 0.2) is 0 Å². The maximum absolute atomic E-state index is 11.0. The monoisotopic (exact) mass is 671 g/mol. The predicted octanol–water partition coefficient (Wildman–Crippen LogP) is 11.5. The van der Waals surface area contributed by atoms with Crippen LogP contribution in [-0.2, 0) is 4.74 Å². The number of rotatable bonds is 38. The van der Waals surface area contributed by atoms with Crippen LogP contribution in [0.5, 0.6) is 0 Å². The van der Waals surface area contributed by atoms with E-state index in [9.17, 15) is 20.4 Å². The molecule has 47 heavy (non-hydrogen) atoms. The van der Waals surface area contributed by atoms with E-state index in [1.165, 1.54) is 154 Å².